The predicted molar refractivity (Wildman–Crippen MR) is 50.3 cm³/mol. The lowest BCUT2D eigenvalue weighted by atomic mass is 9.97. The molecule has 0 aromatic heterocycles. The van der Waals surface area contributed by atoms with Crippen molar-refractivity contribution in [1.29, 1.82) is 0 Å². The van der Waals surface area contributed by atoms with Crippen LogP contribution in [0.25, 0.3) is 0 Å². The quantitative estimate of drug-likeness (QED) is 0.460. The fourth-order valence-corrected chi connectivity index (χ4v) is 1.51. The molecule has 0 bridgehead atoms. The monoisotopic (exact) mass is 203 g/mol. The number of ether oxygens (including phenoxy) is 1. The Morgan fingerprint density at radius 1 is 1.29 bits per heavy atom. The molecule has 0 spiro atoms. The van der Waals surface area contributed by atoms with Gasteiger partial charge in [-0.25, -0.2) is 0 Å². The van der Waals surface area contributed by atoms with E-state index in [1.165, 1.54) is 0 Å². The summed E-state index contributed by atoms with van der Waals surface area (Å²) in [4.78, 5) is 0. The van der Waals surface area contributed by atoms with Crippen LogP contribution in [0.1, 0.15) is 13.8 Å². The third-order valence-electron chi connectivity index (χ3n) is 2.28. The fraction of sp³-hybridized carbons (Fsp3) is 0.778. The predicted octanol–water partition coefficient (Wildman–Crippen LogP) is -1.06. The second-order valence-electron chi connectivity index (χ2n) is 3.66. The van der Waals surface area contributed by atoms with Crippen LogP contribution in [0.3, 0.4) is 0 Å². The van der Waals surface area contributed by atoms with Crippen molar-refractivity contribution in [2.75, 3.05) is 0 Å². The molecule has 0 aromatic carbocycles. The molecule has 0 amide bonds. The molecule has 1 fully saturated rings. The van der Waals surface area contributed by atoms with Crippen LogP contribution in [0.5, 0.6) is 0 Å². The Morgan fingerprint density at radius 2 is 1.86 bits per heavy atom. The average Bonchev–Trinajstić information content (AvgIpc) is 2.09. The first-order chi connectivity index (χ1) is 6.43. The number of rotatable bonds is 2. The fourth-order valence-electron chi connectivity index (χ4n) is 1.51. The number of nitrogens with one attached hydrogen (secondary N) is 1. The SMILES string of the molecule is C=C(C)N[C@H]1[C@@H](O)[C@@H](C)O[C@H](O)[C@@H]1O. The van der Waals surface area contributed by atoms with Crippen molar-refractivity contribution in [3.8, 4) is 0 Å². The van der Waals surface area contributed by atoms with E-state index in [-0.39, 0.29) is 0 Å². The van der Waals surface area contributed by atoms with E-state index in [1.54, 1.807) is 13.8 Å². The summed E-state index contributed by atoms with van der Waals surface area (Å²) in [6.07, 6.45) is -3.82. The van der Waals surface area contributed by atoms with E-state index in [9.17, 15) is 15.3 Å². The molecule has 0 unspecified atom stereocenters. The molecular weight excluding hydrogens is 186 g/mol. The minimum Gasteiger partial charge on any atom is -0.388 e. The number of aliphatic hydroxyl groups excluding tert-OH is 3. The van der Waals surface area contributed by atoms with E-state index < -0.39 is 30.6 Å². The standard InChI is InChI=1S/C9H17NO4/c1-4(2)10-6-7(11)5(3)14-9(13)8(6)12/h5-13H,1H2,2-3H3/t5-,6+,7+,8-,9+/m1/s1. The molecule has 14 heavy (non-hydrogen) atoms. The Labute approximate surface area is 83.0 Å². The lowest BCUT2D eigenvalue weighted by Crippen LogP contribution is -2.61. The summed E-state index contributed by atoms with van der Waals surface area (Å²) in [5.41, 5.74) is 0.620. The number of allylic oxidation sites excluding steroid dienone is 1. The van der Waals surface area contributed by atoms with Crippen LogP contribution < -0.4 is 5.32 Å². The molecule has 0 aromatic rings. The maximum Gasteiger partial charge on any atom is 0.183 e. The summed E-state index contributed by atoms with van der Waals surface area (Å²) >= 11 is 0. The molecule has 5 heteroatoms. The van der Waals surface area contributed by atoms with Gasteiger partial charge in [-0.3, -0.25) is 0 Å². The second-order valence-corrected chi connectivity index (χ2v) is 3.66. The topological polar surface area (TPSA) is 82.0 Å². The van der Waals surface area contributed by atoms with Gasteiger partial charge in [-0.2, -0.15) is 0 Å². The Hall–Kier alpha value is -0.620. The second kappa shape index (κ2) is 4.27. The Kier molecular flexibility index (Phi) is 3.49. The molecule has 82 valence electrons. The molecule has 5 nitrogen and oxygen atoms in total. The number of hydrogen-bond donors (Lipinski definition) is 4. The largest absolute Gasteiger partial charge is 0.388 e. The highest BCUT2D eigenvalue weighted by Gasteiger charge is 2.41. The zero-order valence-electron chi connectivity index (χ0n) is 8.34. The van der Waals surface area contributed by atoms with E-state index in [0.29, 0.717) is 5.70 Å². The summed E-state index contributed by atoms with van der Waals surface area (Å²) in [7, 11) is 0. The highest BCUT2D eigenvalue weighted by molar-refractivity contribution is 4.99. The van der Waals surface area contributed by atoms with Crippen molar-refractivity contribution < 1.29 is 20.1 Å². The third kappa shape index (κ3) is 2.24. The molecule has 1 aliphatic heterocycles. The smallest absolute Gasteiger partial charge is 0.183 e. The van der Waals surface area contributed by atoms with Gasteiger partial charge in [-0.05, 0) is 13.8 Å². The summed E-state index contributed by atoms with van der Waals surface area (Å²) in [6.45, 7) is 6.96. The zero-order valence-corrected chi connectivity index (χ0v) is 8.34. The highest BCUT2D eigenvalue weighted by atomic mass is 16.6. The molecule has 1 aliphatic rings. The Balaban J connectivity index is 2.71. The maximum atomic E-state index is 9.67. The summed E-state index contributed by atoms with van der Waals surface area (Å²) < 4.78 is 4.91. The molecular formula is C9H17NO4. The molecule has 1 rings (SSSR count). The lowest BCUT2D eigenvalue weighted by Gasteiger charge is -2.40. The van der Waals surface area contributed by atoms with Crippen molar-refractivity contribution in [2.24, 2.45) is 0 Å². The van der Waals surface area contributed by atoms with Gasteiger partial charge in [0.05, 0.1) is 12.1 Å². The first kappa shape index (κ1) is 11.5. The van der Waals surface area contributed by atoms with Crippen LogP contribution in [0.2, 0.25) is 0 Å². The minimum atomic E-state index is -1.27. The van der Waals surface area contributed by atoms with Gasteiger partial charge in [-0.1, -0.05) is 6.58 Å². The Bertz CT molecular complexity index is 207. The van der Waals surface area contributed by atoms with Crippen LogP contribution in [-0.2, 0) is 4.74 Å². The van der Waals surface area contributed by atoms with Gasteiger partial charge < -0.3 is 25.4 Å². The lowest BCUT2D eigenvalue weighted by molar-refractivity contribution is -0.250. The highest BCUT2D eigenvalue weighted by Crippen LogP contribution is 2.19. The first-order valence-electron chi connectivity index (χ1n) is 4.55. The molecule has 0 saturated carbocycles. The van der Waals surface area contributed by atoms with E-state index in [0.717, 1.165) is 0 Å². The summed E-state index contributed by atoms with van der Waals surface area (Å²) in [6, 6.07) is -0.647. The zero-order chi connectivity index (χ0) is 10.9. The van der Waals surface area contributed by atoms with Crippen molar-refractivity contribution in [3.05, 3.63) is 12.3 Å². The van der Waals surface area contributed by atoms with Crippen LogP contribution in [0.15, 0.2) is 12.3 Å². The van der Waals surface area contributed by atoms with Crippen LogP contribution in [-0.4, -0.2) is 46.0 Å². The molecule has 1 heterocycles. The van der Waals surface area contributed by atoms with Gasteiger partial charge in [-0.15, -0.1) is 0 Å². The van der Waals surface area contributed by atoms with Crippen molar-refractivity contribution in [1.82, 2.24) is 5.32 Å². The van der Waals surface area contributed by atoms with Crippen LogP contribution >= 0.6 is 0 Å². The average molecular weight is 203 g/mol. The van der Waals surface area contributed by atoms with Crippen LogP contribution in [0.4, 0.5) is 0 Å². The van der Waals surface area contributed by atoms with Gasteiger partial charge in [0.1, 0.15) is 12.2 Å². The molecule has 4 N–H and O–H groups in total. The molecule has 5 atom stereocenters. The number of aliphatic hydroxyl groups is 3. The molecule has 1 saturated heterocycles. The van der Waals surface area contributed by atoms with Gasteiger partial charge in [0.2, 0.25) is 0 Å². The van der Waals surface area contributed by atoms with E-state index in [4.69, 9.17) is 4.74 Å². The van der Waals surface area contributed by atoms with E-state index in [2.05, 4.69) is 11.9 Å². The van der Waals surface area contributed by atoms with Crippen molar-refractivity contribution >= 4 is 0 Å². The molecule has 0 radical (unpaired) electrons. The molecule has 0 aliphatic carbocycles. The van der Waals surface area contributed by atoms with Gasteiger partial charge in [0.25, 0.3) is 0 Å². The minimum absolute atomic E-state index is 0.523. The van der Waals surface area contributed by atoms with Crippen LogP contribution in [0, 0.1) is 0 Å². The normalized spacial score (nSPS) is 43.4. The van der Waals surface area contributed by atoms with Gasteiger partial charge >= 0.3 is 0 Å². The maximum absolute atomic E-state index is 9.67. The summed E-state index contributed by atoms with van der Waals surface area (Å²) in [5, 5.41) is 31.3. The number of hydrogen-bond acceptors (Lipinski definition) is 5. The van der Waals surface area contributed by atoms with Crippen molar-refractivity contribution in [3.63, 3.8) is 0 Å². The van der Waals surface area contributed by atoms with E-state index >= 15 is 0 Å². The van der Waals surface area contributed by atoms with E-state index in [1.807, 2.05) is 0 Å². The third-order valence-corrected chi connectivity index (χ3v) is 2.28. The van der Waals surface area contributed by atoms with Crippen molar-refractivity contribution in [2.45, 2.75) is 44.5 Å². The summed E-state index contributed by atoms with van der Waals surface area (Å²) in [5.74, 6) is 0. The van der Waals surface area contributed by atoms with Gasteiger partial charge in [0, 0.05) is 5.70 Å². The Morgan fingerprint density at radius 3 is 2.36 bits per heavy atom. The van der Waals surface area contributed by atoms with Gasteiger partial charge in [0.15, 0.2) is 6.29 Å². The first-order valence-corrected chi connectivity index (χ1v) is 4.55.